The maximum absolute atomic E-state index is 12.5. The first-order valence-corrected chi connectivity index (χ1v) is 11.1. The Bertz CT molecular complexity index is 756. The molecule has 6 nitrogen and oxygen atoms in total. The van der Waals surface area contributed by atoms with E-state index in [4.69, 9.17) is 4.74 Å². The van der Waals surface area contributed by atoms with Crippen LogP contribution in [-0.4, -0.2) is 51.0 Å². The molecule has 0 radical (unpaired) electrons. The van der Waals surface area contributed by atoms with Gasteiger partial charge in [-0.15, -0.1) is 0 Å². The van der Waals surface area contributed by atoms with E-state index in [1.165, 1.54) is 23.6 Å². The van der Waals surface area contributed by atoms with Gasteiger partial charge in [-0.05, 0) is 48.8 Å². The highest BCUT2D eigenvalue weighted by molar-refractivity contribution is 7.88. The first-order valence-electron chi connectivity index (χ1n) is 9.46. The molecule has 2 aliphatic carbocycles. The average Bonchev–Trinajstić information content (AvgIpc) is 3.26. The van der Waals surface area contributed by atoms with Gasteiger partial charge < -0.3 is 10.1 Å². The minimum Gasteiger partial charge on any atom is -0.379 e. The van der Waals surface area contributed by atoms with E-state index in [1.807, 2.05) is 0 Å². The fourth-order valence-electron chi connectivity index (χ4n) is 4.55. The lowest BCUT2D eigenvalue weighted by Gasteiger charge is -2.26. The van der Waals surface area contributed by atoms with Crippen LogP contribution in [0.4, 0.5) is 0 Å². The maximum atomic E-state index is 12.5. The number of nitrogens with zero attached hydrogens (tertiary/aromatic N) is 1. The minimum absolute atomic E-state index is 0.0404. The van der Waals surface area contributed by atoms with Crippen LogP contribution in [0.25, 0.3) is 0 Å². The van der Waals surface area contributed by atoms with Crippen LogP contribution in [0.15, 0.2) is 24.3 Å². The number of morpholine rings is 1. The first-order chi connectivity index (χ1) is 12.5. The Kier molecular flexibility index (Phi) is 5.03. The van der Waals surface area contributed by atoms with Crippen molar-refractivity contribution in [2.45, 2.75) is 37.5 Å². The third kappa shape index (κ3) is 3.80. The number of hydrogen-bond acceptors (Lipinski definition) is 4. The highest BCUT2D eigenvalue weighted by atomic mass is 32.2. The Hall–Kier alpha value is -1.44. The van der Waals surface area contributed by atoms with Gasteiger partial charge >= 0.3 is 0 Å². The molecule has 1 aromatic rings. The van der Waals surface area contributed by atoms with Gasteiger partial charge in [0.1, 0.15) is 0 Å². The molecule has 1 heterocycles. The van der Waals surface area contributed by atoms with Crippen molar-refractivity contribution in [2.75, 3.05) is 26.3 Å². The Balaban J connectivity index is 1.36. The summed E-state index contributed by atoms with van der Waals surface area (Å²) in [5.74, 6) is 1.34. The third-order valence-electron chi connectivity index (χ3n) is 5.98. The summed E-state index contributed by atoms with van der Waals surface area (Å²) in [6, 6.07) is 7.25. The molecule has 1 saturated heterocycles. The Morgan fingerprint density at radius 2 is 1.85 bits per heavy atom. The number of ether oxygens (including phenoxy) is 1. The number of fused-ring (bicyclic) bond motifs is 2. The molecule has 0 spiro atoms. The van der Waals surface area contributed by atoms with Crippen LogP contribution in [0.5, 0.6) is 0 Å². The highest BCUT2D eigenvalue weighted by Gasteiger charge is 2.40. The summed E-state index contributed by atoms with van der Waals surface area (Å²) in [7, 11) is -3.34. The van der Waals surface area contributed by atoms with Gasteiger partial charge in [0.25, 0.3) is 5.91 Å². The number of nitrogens with one attached hydrogen (secondary N) is 1. The van der Waals surface area contributed by atoms with E-state index in [-0.39, 0.29) is 11.7 Å². The fraction of sp³-hybridized carbons (Fsp3) is 0.632. The zero-order chi connectivity index (χ0) is 18.1. The normalized spacial score (nSPS) is 29.0. The predicted molar refractivity (Wildman–Crippen MR) is 98.2 cm³/mol. The molecule has 142 valence electrons. The Morgan fingerprint density at radius 1 is 1.12 bits per heavy atom. The molecule has 2 saturated carbocycles. The van der Waals surface area contributed by atoms with E-state index in [9.17, 15) is 13.2 Å². The molecule has 3 atom stereocenters. The molecule has 1 amide bonds. The van der Waals surface area contributed by atoms with Crippen molar-refractivity contribution >= 4 is 15.9 Å². The van der Waals surface area contributed by atoms with Crippen LogP contribution in [0.3, 0.4) is 0 Å². The van der Waals surface area contributed by atoms with E-state index in [0.29, 0.717) is 49.4 Å². The summed E-state index contributed by atoms with van der Waals surface area (Å²) < 4.78 is 31.6. The van der Waals surface area contributed by atoms with E-state index >= 15 is 0 Å². The van der Waals surface area contributed by atoms with Crippen LogP contribution < -0.4 is 5.32 Å². The molecule has 1 aliphatic heterocycles. The quantitative estimate of drug-likeness (QED) is 0.847. The van der Waals surface area contributed by atoms with Gasteiger partial charge in [0.15, 0.2) is 0 Å². The monoisotopic (exact) mass is 378 g/mol. The number of hydrogen-bond donors (Lipinski definition) is 1. The lowest BCUT2D eigenvalue weighted by molar-refractivity contribution is 0.0729. The van der Waals surface area contributed by atoms with Crippen molar-refractivity contribution in [3.05, 3.63) is 35.4 Å². The third-order valence-corrected chi connectivity index (χ3v) is 7.83. The summed E-state index contributed by atoms with van der Waals surface area (Å²) in [5, 5.41) is 3.17. The minimum atomic E-state index is -3.34. The number of carbonyl (C=O) groups is 1. The van der Waals surface area contributed by atoms with Crippen molar-refractivity contribution in [3.8, 4) is 0 Å². The van der Waals surface area contributed by atoms with Crippen LogP contribution in [0.2, 0.25) is 0 Å². The predicted octanol–water partition coefficient (Wildman–Crippen LogP) is 1.77. The number of benzene rings is 1. The molecular formula is C19H26N2O4S. The molecular weight excluding hydrogens is 352 g/mol. The van der Waals surface area contributed by atoms with Crippen molar-refractivity contribution in [2.24, 2.45) is 11.8 Å². The molecule has 4 rings (SSSR count). The maximum Gasteiger partial charge on any atom is 0.251 e. The lowest BCUT2D eigenvalue weighted by Crippen LogP contribution is -2.41. The zero-order valence-corrected chi connectivity index (χ0v) is 15.7. The Morgan fingerprint density at radius 3 is 2.46 bits per heavy atom. The molecule has 1 aromatic carbocycles. The van der Waals surface area contributed by atoms with E-state index < -0.39 is 10.0 Å². The smallest absolute Gasteiger partial charge is 0.251 e. The summed E-state index contributed by atoms with van der Waals surface area (Å²) in [6.45, 7) is 1.71. The van der Waals surface area contributed by atoms with Gasteiger partial charge in [-0.2, -0.15) is 4.31 Å². The average molecular weight is 378 g/mol. The Labute approximate surface area is 155 Å². The largest absolute Gasteiger partial charge is 0.379 e. The topological polar surface area (TPSA) is 75.7 Å². The number of carbonyl (C=O) groups excluding carboxylic acids is 1. The molecule has 3 fully saturated rings. The van der Waals surface area contributed by atoms with E-state index in [0.717, 1.165) is 12.3 Å². The second kappa shape index (κ2) is 7.29. The van der Waals surface area contributed by atoms with Crippen LogP contribution in [0.1, 0.15) is 41.6 Å². The summed E-state index contributed by atoms with van der Waals surface area (Å²) in [5.41, 5.74) is 1.30. The molecule has 7 heteroatoms. The summed E-state index contributed by atoms with van der Waals surface area (Å²) in [4.78, 5) is 12.5. The molecule has 0 aromatic heterocycles. The molecule has 1 N–H and O–H groups in total. The van der Waals surface area contributed by atoms with Gasteiger partial charge in [-0.3, -0.25) is 4.79 Å². The molecule has 0 unspecified atom stereocenters. The van der Waals surface area contributed by atoms with Gasteiger partial charge in [0, 0.05) is 24.7 Å². The summed E-state index contributed by atoms with van der Waals surface area (Å²) >= 11 is 0. The number of amides is 1. The van der Waals surface area contributed by atoms with Crippen LogP contribution in [-0.2, 0) is 20.5 Å². The standard InChI is InChI=1S/C19H26N2O4S/c22-19(20-18-12-15-3-6-17(18)11-15)16-4-1-14(2-5-16)13-26(23,24)21-7-9-25-10-8-21/h1-2,4-5,15,17-18H,3,6-13H2,(H,20,22)/t15-,17+,18-/m0/s1. The second-order valence-corrected chi connectivity index (χ2v) is 9.69. The van der Waals surface area contributed by atoms with E-state index in [1.54, 1.807) is 24.3 Å². The van der Waals surface area contributed by atoms with Crippen molar-refractivity contribution < 1.29 is 17.9 Å². The number of rotatable bonds is 5. The molecule has 26 heavy (non-hydrogen) atoms. The van der Waals surface area contributed by atoms with Crippen molar-refractivity contribution in [1.82, 2.24) is 9.62 Å². The summed E-state index contributed by atoms with van der Waals surface area (Å²) in [6.07, 6.45) is 4.90. The molecule has 3 aliphatic rings. The number of sulfonamides is 1. The van der Waals surface area contributed by atoms with Gasteiger partial charge in [0.2, 0.25) is 10.0 Å². The van der Waals surface area contributed by atoms with Crippen molar-refractivity contribution in [1.29, 1.82) is 0 Å². The van der Waals surface area contributed by atoms with E-state index in [2.05, 4.69) is 5.32 Å². The van der Waals surface area contributed by atoms with Gasteiger partial charge in [-0.25, -0.2) is 8.42 Å². The lowest BCUT2D eigenvalue weighted by atomic mass is 9.95. The zero-order valence-electron chi connectivity index (χ0n) is 14.9. The van der Waals surface area contributed by atoms with Crippen LogP contribution in [0, 0.1) is 11.8 Å². The van der Waals surface area contributed by atoms with Gasteiger partial charge in [0.05, 0.1) is 19.0 Å². The van der Waals surface area contributed by atoms with Crippen LogP contribution >= 0.6 is 0 Å². The van der Waals surface area contributed by atoms with Gasteiger partial charge in [-0.1, -0.05) is 18.6 Å². The van der Waals surface area contributed by atoms with Crippen molar-refractivity contribution in [3.63, 3.8) is 0 Å². The second-order valence-electron chi connectivity index (χ2n) is 7.72. The fourth-order valence-corrected chi connectivity index (χ4v) is 6.05. The first kappa shape index (κ1) is 17.9. The highest BCUT2D eigenvalue weighted by Crippen LogP contribution is 2.44. The SMILES string of the molecule is O=C(N[C@H]1C[C@H]2CC[C@@H]1C2)c1ccc(CS(=O)(=O)N2CCOCC2)cc1. The molecule has 2 bridgehead atoms.